The zero-order valence-electron chi connectivity index (χ0n) is 8.68. The number of hydrogen-bond donors (Lipinski definition) is 0. The zero-order valence-corrected chi connectivity index (χ0v) is 8.68. The van der Waals surface area contributed by atoms with Crippen molar-refractivity contribution < 1.29 is 4.74 Å². The largest absolute Gasteiger partial charge is 0.500 e. The van der Waals surface area contributed by atoms with Crippen molar-refractivity contribution in [2.24, 2.45) is 5.41 Å². The molecule has 2 fully saturated rings. The van der Waals surface area contributed by atoms with Gasteiger partial charge in [-0.2, -0.15) is 0 Å². The first-order valence-corrected chi connectivity index (χ1v) is 5.10. The molecule has 0 bridgehead atoms. The maximum absolute atomic E-state index is 5.25. The maximum atomic E-state index is 5.25. The van der Waals surface area contributed by atoms with Crippen molar-refractivity contribution in [1.82, 2.24) is 4.90 Å². The molecule has 0 aromatic carbocycles. The van der Waals surface area contributed by atoms with E-state index in [4.69, 9.17) is 4.74 Å². The second kappa shape index (κ2) is 3.02. The Kier molecular flexibility index (Phi) is 2.11. The van der Waals surface area contributed by atoms with Crippen LogP contribution in [0.3, 0.4) is 0 Å². The van der Waals surface area contributed by atoms with E-state index < -0.39 is 0 Å². The lowest BCUT2D eigenvalue weighted by atomic mass is 9.87. The van der Waals surface area contributed by atoms with Crippen LogP contribution in [0.4, 0.5) is 0 Å². The van der Waals surface area contributed by atoms with Gasteiger partial charge in [0.05, 0.1) is 13.2 Å². The fraction of sp³-hybridized carbons (Fsp3) is 0.818. The second-order valence-corrected chi connectivity index (χ2v) is 4.62. The molecule has 0 aromatic rings. The van der Waals surface area contributed by atoms with Crippen molar-refractivity contribution >= 4 is 0 Å². The van der Waals surface area contributed by atoms with Crippen LogP contribution in [-0.2, 0) is 4.74 Å². The van der Waals surface area contributed by atoms with Crippen LogP contribution in [0, 0.1) is 5.41 Å². The molecule has 1 saturated carbocycles. The Morgan fingerprint density at radius 2 is 2.15 bits per heavy atom. The van der Waals surface area contributed by atoms with Gasteiger partial charge < -0.3 is 4.74 Å². The molecule has 0 radical (unpaired) electrons. The number of ether oxygens (including phenoxy) is 1. The number of hydrogen-bond acceptors (Lipinski definition) is 2. The van der Waals surface area contributed by atoms with Gasteiger partial charge in [-0.3, -0.25) is 4.90 Å². The number of piperidine rings is 1. The molecule has 1 spiro atoms. The Balaban J connectivity index is 2.02. The van der Waals surface area contributed by atoms with Gasteiger partial charge in [0.15, 0.2) is 0 Å². The molecular weight excluding hydrogens is 162 g/mol. The quantitative estimate of drug-likeness (QED) is 0.604. The van der Waals surface area contributed by atoms with Crippen LogP contribution in [0.15, 0.2) is 12.3 Å². The molecule has 0 aromatic heterocycles. The molecule has 1 aliphatic heterocycles. The highest BCUT2D eigenvalue weighted by Gasteiger charge is 2.48. The van der Waals surface area contributed by atoms with E-state index in [0.29, 0.717) is 11.5 Å². The minimum Gasteiger partial charge on any atom is -0.500 e. The van der Waals surface area contributed by atoms with Gasteiger partial charge >= 0.3 is 0 Å². The minimum atomic E-state index is 0.459. The summed E-state index contributed by atoms with van der Waals surface area (Å²) >= 11 is 0. The molecular formula is C11H19NO. The van der Waals surface area contributed by atoms with E-state index in [1.165, 1.54) is 32.2 Å². The van der Waals surface area contributed by atoms with Gasteiger partial charge in [0.1, 0.15) is 5.76 Å². The van der Waals surface area contributed by atoms with Crippen LogP contribution in [0.5, 0.6) is 0 Å². The topological polar surface area (TPSA) is 12.5 Å². The Morgan fingerprint density at radius 3 is 2.69 bits per heavy atom. The number of likely N-dealkylation sites (N-methyl/N-ethyl adjacent to an activating group) is 1. The summed E-state index contributed by atoms with van der Waals surface area (Å²) in [4.78, 5) is 2.37. The van der Waals surface area contributed by atoms with Gasteiger partial charge in [0.25, 0.3) is 0 Å². The number of likely N-dealkylation sites (tertiary alicyclic amines) is 1. The summed E-state index contributed by atoms with van der Waals surface area (Å²) in [6, 6.07) is 0.459. The van der Waals surface area contributed by atoms with Gasteiger partial charge in [-0.15, -0.1) is 0 Å². The van der Waals surface area contributed by atoms with Gasteiger partial charge in [-0.05, 0) is 44.7 Å². The van der Waals surface area contributed by atoms with E-state index in [9.17, 15) is 0 Å². The highest BCUT2D eigenvalue weighted by Crippen LogP contribution is 2.55. The average molecular weight is 181 g/mol. The summed E-state index contributed by atoms with van der Waals surface area (Å²) in [6.45, 7) is 5.18. The summed E-state index contributed by atoms with van der Waals surface area (Å²) in [5.41, 5.74) is 0.679. The van der Waals surface area contributed by atoms with Crippen molar-refractivity contribution in [2.45, 2.75) is 31.7 Å². The van der Waals surface area contributed by atoms with E-state index in [1.54, 1.807) is 7.11 Å². The molecule has 74 valence electrons. The van der Waals surface area contributed by atoms with Crippen LogP contribution < -0.4 is 0 Å². The molecule has 2 aliphatic rings. The molecule has 1 atom stereocenters. The Hall–Kier alpha value is -0.500. The lowest BCUT2D eigenvalue weighted by Crippen LogP contribution is -2.41. The van der Waals surface area contributed by atoms with Crippen LogP contribution in [0.25, 0.3) is 0 Å². The molecule has 0 unspecified atom stereocenters. The van der Waals surface area contributed by atoms with Crippen LogP contribution in [-0.4, -0.2) is 31.6 Å². The standard InChI is InChI=1S/C11H19NO/c1-9(13-3)10-8-11(4-5-11)6-7-12(10)2/h10H,1,4-8H2,2-3H3/t10-/m1/s1. The van der Waals surface area contributed by atoms with Crippen molar-refractivity contribution in [3.8, 4) is 0 Å². The van der Waals surface area contributed by atoms with Gasteiger partial charge in [-0.1, -0.05) is 6.58 Å². The smallest absolute Gasteiger partial charge is 0.106 e. The Bertz CT molecular complexity index is 220. The molecule has 1 aliphatic carbocycles. The first-order valence-electron chi connectivity index (χ1n) is 5.10. The summed E-state index contributed by atoms with van der Waals surface area (Å²) in [6.07, 6.45) is 5.48. The predicted octanol–water partition coefficient (Wildman–Crippen LogP) is 2.02. The fourth-order valence-corrected chi connectivity index (χ4v) is 2.36. The summed E-state index contributed by atoms with van der Waals surface area (Å²) in [5.74, 6) is 0.938. The van der Waals surface area contributed by atoms with Crippen LogP contribution in [0.1, 0.15) is 25.7 Å². The minimum absolute atomic E-state index is 0.459. The zero-order chi connectivity index (χ0) is 9.47. The molecule has 2 nitrogen and oxygen atoms in total. The summed E-state index contributed by atoms with van der Waals surface area (Å²) in [5, 5.41) is 0. The van der Waals surface area contributed by atoms with E-state index >= 15 is 0 Å². The first-order chi connectivity index (χ1) is 6.17. The number of rotatable bonds is 2. The Morgan fingerprint density at radius 1 is 1.46 bits per heavy atom. The summed E-state index contributed by atoms with van der Waals surface area (Å²) in [7, 11) is 3.90. The molecule has 0 N–H and O–H groups in total. The monoisotopic (exact) mass is 181 g/mol. The van der Waals surface area contributed by atoms with E-state index in [2.05, 4.69) is 18.5 Å². The number of methoxy groups -OCH3 is 1. The predicted molar refractivity (Wildman–Crippen MR) is 53.5 cm³/mol. The highest BCUT2D eigenvalue weighted by atomic mass is 16.5. The van der Waals surface area contributed by atoms with Crippen molar-refractivity contribution in [3.05, 3.63) is 12.3 Å². The lowest BCUT2D eigenvalue weighted by Gasteiger charge is -2.37. The van der Waals surface area contributed by atoms with E-state index in [-0.39, 0.29) is 0 Å². The van der Waals surface area contributed by atoms with E-state index in [1.807, 2.05) is 0 Å². The van der Waals surface area contributed by atoms with E-state index in [0.717, 1.165) is 5.76 Å². The number of nitrogens with zero attached hydrogens (tertiary/aromatic N) is 1. The normalized spacial score (nSPS) is 31.7. The van der Waals surface area contributed by atoms with Crippen molar-refractivity contribution in [2.75, 3.05) is 20.7 Å². The van der Waals surface area contributed by atoms with Crippen LogP contribution >= 0.6 is 0 Å². The second-order valence-electron chi connectivity index (χ2n) is 4.62. The average Bonchev–Trinajstić information content (AvgIpc) is 2.89. The van der Waals surface area contributed by atoms with Gasteiger partial charge in [0, 0.05) is 0 Å². The molecule has 2 heteroatoms. The molecule has 1 heterocycles. The van der Waals surface area contributed by atoms with Crippen molar-refractivity contribution in [1.29, 1.82) is 0 Å². The van der Waals surface area contributed by atoms with Gasteiger partial charge in [-0.25, -0.2) is 0 Å². The molecule has 13 heavy (non-hydrogen) atoms. The SMILES string of the molecule is C=C(OC)[C@H]1CC2(CCN1C)CC2. The Labute approximate surface area is 80.6 Å². The third-order valence-electron chi connectivity index (χ3n) is 3.74. The first kappa shape index (κ1) is 9.07. The van der Waals surface area contributed by atoms with Crippen molar-refractivity contribution in [3.63, 3.8) is 0 Å². The highest BCUT2D eigenvalue weighted by molar-refractivity contribution is 5.08. The lowest BCUT2D eigenvalue weighted by molar-refractivity contribution is 0.105. The third kappa shape index (κ3) is 1.60. The third-order valence-corrected chi connectivity index (χ3v) is 3.74. The maximum Gasteiger partial charge on any atom is 0.106 e. The van der Waals surface area contributed by atoms with Crippen LogP contribution in [0.2, 0.25) is 0 Å². The fourth-order valence-electron chi connectivity index (χ4n) is 2.36. The van der Waals surface area contributed by atoms with Gasteiger partial charge in [0.2, 0.25) is 0 Å². The summed E-state index contributed by atoms with van der Waals surface area (Å²) < 4.78 is 5.25. The molecule has 1 saturated heterocycles. The molecule has 0 amide bonds. The molecule has 2 rings (SSSR count).